The number of carbonyl (C=O) groups is 4. The van der Waals surface area contributed by atoms with Gasteiger partial charge in [0.25, 0.3) is 5.91 Å². The molecule has 1 unspecified atom stereocenters. The number of rotatable bonds is 7. The van der Waals surface area contributed by atoms with Gasteiger partial charge in [0.1, 0.15) is 5.75 Å². The van der Waals surface area contributed by atoms with E-state index in [-0.39, 0.29) is 37.0 Å². The minimum Gasteiger partial charge on any atom is -0.482 e. The number of para-hydroxylation sites is 2. The summed E-state index contributed by atoms with van der Waals surface area (Å²) in [4.78, 5) is 53.4. The van der Waals surface area contributed by atoms with Crippen LogP contribution < -0.4 is 9.64 Å². The molecule has 0 radical (unpaired) electrons. The average Bonchev–Trinajstić information content (AvgIpc) is 3.00. The van der Waals surface area contributed by atoms with E-state index in [1.807, 2.05) is 0 Å². The van der Waals surface area contributed by atoms with Crippen molar-refractivity contribution in [3.63, 3.8) is 0 Å². The predicted octanol–water partition coefficient (Wildman–Crippen LogP) is 2.76. The van der Waals surface area contributed by atoms with Gasteiger partial charge < -0.3 is 19.4 Å². The topological polar surface area (TPSA) is 106 Å². The fourth-order valence-electron chi connectivity index (χ4n) is 3.64. The van der Waals surface area contributed by atoms with Gasteiger partial charge in [-0.2, -0.15) is 0 Å². The highest BCUT2D eigenvalue weighted by Gasteiger charge is 2.28. The lowest BCUT2D eigenvalue weighted by molar-refractivity contribution is -0.146. The van der Waals surface area contributed by atoms with Crippen molar-refractivity contribution < 1.29 is 28.7 Å². The molecule has 0 saturated heterocycles. The fourth-order valence-corrected chi connectivity index (χ4v) is 3.64. The van der Waals surface area contributed by atoms with E-state index in [1.165, 1.54) is 18.7 Å². The van der Waals surface area contributed by atoms with Crippen LogP contribution in [0.3, 0.4) is 0 Å². The molecule has 1 atom stereocenters. The number of amides is 1. The van der Waals surface area contributed by atoms with E-state index in [4.69, 9.17) is 9.47 Å². The number of aromatic amines is 1. The number of ketones is 2. The number of ether oxygens (including phenoxy) is 2. The molecule has 0 aliphatic carbocycles. The van der Waals surface area contributed by atoms with Crippen molar-refractivity contribution in [1.29, 1.82) is 0 Å². The molecular weight excluding hydrogens is 388 g/mol. The van der Waals surface area contributed by atoms with Crippen LogP contribution in [0.1, 0.15) is 52.4 Å². The van der Waals surface area contributed by atoms with E-state index >= 15 is 0 Å². The van der Waals surface area contributed by atoms with Crippen molar-refractivity contribution in [2.75, 3.05) is 18.1 Å². The molecule has 158 valence electrons. The van der Waals surface area contributed by atoms with Crippen molar-refractivity contribution >= 4 is 29.1 Å². The van der Waals surface area contributed by atoms with Gasteiger partial charge in [0.15, 0.2) is 18.5 Å². The molecule has 30 heavy (non-hydrogen) atoms. The molecule has 0 fully saturated rings. The van der Waals surface area contributed by atoms with Gasteiger partial charge in [0.2, 0.25) is 5.78 Å². The molecular formula is C22H24N2O6. The fraction of sp³-hybridized carbons (Fsp3) is 0.364. The smallest absolute Gasteiger partial charge is 0.308 e. The number of nitrogens with zero attached hydrogens (tertiary/aromatic N) is 1. The van der Waals surface area contributed by atoms with Gasteiger partial charge in [-0.15, -0.1) is 0 Å². The van der Waals surface area contributed by atoms with Crippen molar-refractivity contribution in [3.05, 3.63) is 46.8 Å². The second-order valence-electron chi connectivity index (χ2n) is 7.23. The molecule has 1 aromatic carbocycles. The molecule has 2 heterocycles. The Kier molecular flexibility index (Phi) is 6.05. The van der Waals surface area contributed by atoms with Crippen LogP contribution in [0.5, 0.6) is 5.75 Å². The number of Topliss-reactive ketones (excluding diaryl/α,β-unsaturated/α-hetero) is 2. The molecule has 1 aliphatic rings. The molecule has 2 aromatic rings. The highest BCUT2D eigenvalue weighted by molar-refractivity contribution is 6.05. The molecule has 3 rings (SSSR count). The average molecular weight is 412 g/mol. The normalized spacial score (nSPS) is 14.0. The summed E-state index contributed by atoms with van der Waals surface area (Å²) in [6, 6.07) is 7.08. The molecule has 8 heteroatoms. The van der Waals surface area contributed by atoms with Crippen molar-refractivity contribution in [1.82, 2.24) is 4.98 Å². The summed E-state index contributed by atoms with van der Waals surface area (Å²) in [7, 11) is 0. The number of fused-ring (bicyclic) bond motifs is 1. The third-order valence-corrected chi connectivity index (χ3v) is 5.06. The standard InChI is InChI=1S/C22H24N2O6/c1-12-20(14(3)25)13(2)23-21(12)22(28)15(4)30-19(27)9-10-24-16-7-5-6-8-17(16)29-11-18(24)26/h5-8,15,23H,9-11H2,1-4H3. The van der Waals surface area contributed by atoms with Gasteiger partial charge in [-0.3, -0.25) is 19.2 Å². The van der Waals surface area contributed by atoms with Crippen molar-refractivity contribution in [2.45, 2.75) is 40.2 Å². The third kappa shape index (κ3) is 4.12. The lowest BCUT2D eigenvalue weighted by Gasteiger charge is -2.29. The summed E-state index contributed by atoms with van der Waals surface area (Å²) in [5.41, 5.74) is 2.48. The summed E-state index contributed by atoms with van der Waals surface area (Å²) in [5, 5.41) is 0. The Balaban J connectivity index is 1.63. The summed E-state index contributed by atoms with van der Waals surface area (Å²) in [5.74, 6) is -0.822. The predicted molar refractivity (Wildman–Crippen MR) is 109 cm³/mol. The quantitative estimate of drug-likeness (QED) is 0.554. The molecule has 1 aliphatic heterocycles. The zero-order valence-corrected chi connectivity index (χ0v) is 17.4. The maximum Gasteiger partial charge on any atom is 0.308 e. The molecule has 1 N–H and O–H groups in total. The van der Waals surface area contributed by atoms with Gasteiger partial charge in [0, 0.05) is 17.8 Å². The second-order valence-corrected chi connectivity index (χ2v) is 7.23. The first-order chi connectivity index (χ1) is 14.2. The summed E-state index contributed by atoms with van der Waals surface area (Å²) in [6.45, 7) is 6.35. The monoisotopic (exact) mass is 412 g/mol. The van der Waals surface area contributed by atoms with Crippen LogP contribution in [-0.4, -0.2) is 47.7 Å². The SMILES string of the molecule is CC(=O)c1c(C)[nH]c(C(=O)C(C)OC(=O)CCN2C(=O)COc3ccccc32)c1C. The number of hydrogen-bond donors (Lipinski definition) is 1. The first kappa shape index (κ1) is 21.3. The van der Waals surface area contributed by atoms with Gasteiger partial charge in [0.05, 0.1) is 17.8 Å². The van der Waals surface area contributed by atoms with E-state index < -0.39 is 17.9 Å². The zero-order valence-electron chi connectivity index (χ0n) is 17.4. The Morgan fingerprint density at radius 2 is 1.93 bits per heavy atom. The number of hydrogen-bond acceptors (Lipinski definition) is 6. The number of aromatic nitrogens is 1. The second kappa shape index (κ2) is 8.52. The van der Waals surface area contributed by atoms with Gasteiger partial charge in [-0.25, -0.2) is 0 Å². The largest absolute Gasteiger partial charge is 0.482 e. The zero-order chi connectivity index (χ0) is 22.0. The van der Waals surface area contributed by atoms with E-state index in [1.54, 1.807) is 38.1 Å². The number of aryl methyl sites for hydroxylation is 1. The third-order valence-electron chi connectivity index (χ3n) is 5.06. The minimum absolute atomic E-state index is 0.0703. The Hall–Kier alpha value is -3.42. The summed E-state index contributed by atoms with van der Waals surface area (Å²) < 4.78 is 10.7. The van der Waals surface area contributed by atoms with Crippen LogP contribution in [0, 0.1) is 13.8 Å². The minimum atomic E-state index is -1.03. The number of nitrogens with one attached hydrogen (secondary N) is 1. The maximum atomic E-state index is 12.7. The number of carbonyl (C=O) groups excluding carboxylic acids is 4. The lowest BCUT2D eigenvalue weighted by atomic mass is 10.0. The van der Waals surface area contributed by atoms with Crippen LogP contribution in [0.15, 0.2) is 24.3 Å². The molecule has 0 saturated carbocycles. The van der Waals surface area contributed by atoms with Crippen molar-refractivity contribution in [2.24, 2.45) is 0 Å². The number of H-pyrrole nitrogens is 1. The highest BCUT2D eigenvalue weighted by atomic mass is 16.5. The van der Waals surface area contributed by atoms with Crippen molar-refractivity contribution in [3.8, 4) is 5.75 Å². The number of benzene rings is 1. The van der Waals surface area contributed by atoms with E-state index in [0.29, 0.717) is 28.3 Å². The summed E-state index contributed by atoms with van der Waals surface area (Å²) in [6.07, 6.45) is -1.10. The van der Waals surface area contributed by atoms with E-state index in [0.717, 1.165) is 0 Å². The first-order valence-electron chi connectivity index (χ1n) is 9.66. The van der Waals surface area contributed by atoms with E-state index in [2.05, 4.69) is 4.98 Å². The van der Waals surface area contributed by atoms with Gasteiger partial charge in [-0.1, -0.05) is 12.1 Å². The number of anilines is 1. The van der Waals surface area contributed by atoms with Crippen LogP contribution in [0.25, 0.3) is 0 Å². The van der Waals surface area contributed by atoms with Crippen LogP contribution >= 0.6 is 0 Å². The molecule has 0 spiro atoms. The van der Waals surface area contributed by atoms with Crippen LogP contribution in [0.4, 0.5) is 5.69 Å². The molecule has 1 amide bonds. The Bertz CT molecular complexity index is 1020. The lowest BCUT2D eigenvalue weighted by Crippen LogP contribution is -2.40. The van der Waals surface area contributed by atoms with E-state index in [9.17, 15) is 19.2 Å². The molecule has 1 aromatic heterocycles. The van der Waals surface area contributed by atoms with Gasteiger partial charge in [-0.05, 0) is 45.4 Å². The number of esters is 1. The molecule has 8 nitrogen and oxygen atoms in total. The first-order valence-corrected chi connectivity index (χ1v) is 9.66. The maximum absolute atomic E-state index is 12.7. The highest BCUT2D eigenvalue weighted by Crippen LogP contribution is 2.31. The van der Waals surface area contributed by atoms with Crippen LogP contribution in [-0.2, 0) is 14.3 Å². The summed E-state index contributed by atoms with van der Waals surface area (Å²) >= 11 is 0. The Morgan fingerprint density at radius 1 is 1.23 bits per heavy atom. The van der Waals surface area contributed by atoms with Gasteiger partial charge >= 0.3 is 5.97 Å². The van der Waals surface area contributed by atoms with Crippen LogP contribution in [0.2, 0.25) is 0 Å². The molecule has 0 bridgehead atoms. The Morgan fingerprint density at radius 3 is 2.60 bits per heavy atom. The Labute approximate surface area is 174 Å².